The first-order valence-electron chi connectivity index (χ1n) is 7.22. The molecule has 1 heterocycles. The van der Waals surface area contributed by atoms with Crippen molar-refractivity contribution < 1.29 is 24.5 Å². The fourth-order valence-corrected chi connectivity index (χ4v) is 2.58. The summed E-state index contributed by atoms with van der Waals surface area (Å²) in [7, 11) is 0. The smallest absolute Gasteiger partial charge is 0.329 e. The van der Waals surface area contributed by atoms with Gasteiger partial charge >= 0.3 is 12.0 Å². The largest absolute Gasteiger partial charge is 0.480 e. The molecule has 1 fully saturated rings. The third-order valence-electron chi connectivity index (χ3n) is 3.58. The van der Waals surface area contributed by atoms with Gasteiger partial charge in [-0.25, -0.2) is 9.59 Å². The predicted octanol–water partition coefficient (Wildman–Crippen LogP) is 0.811. The molecule has 0 bridgehead atoms. The molecule has 0 spiro atoms. The number of rotatable bonds is 5. The Labute approximate surface area is 125 Å². The lowest BCUT2D eigenvalue weighted by molar-refractivity contribution is -0.145. The van der Waals surface area contributed by atoms with Gasteiger partial charge < -0.3 is 25.2 Å². The number of urea groups is 1. The second-order valence-corrected chi connectivity index (χ2v) is 6.38. The number of nitrogens with zero attached hydrogens (tertiary/aromatic N) is 1. The maximum absolute atomic E-state index is 12.4. The predicted molar refractivity (Wildman–Crippen MR) is 77.1 cm³/mol. The van der Waals surface area contributed by atoms with Crippen LogP contribution < -0.4 is 5.32 Å². The maximum atomic E-state index is 12.4. The number of aliphatic hydroxyl groups is 1. The quantitative estimate of drug-likeness (QED) is 0.698. The highest BCUT2D eigenvalue weighted by molar-refractivity contribution is 5.86. The zero-order valence-electron chi connectivity index (χ0n) is 13.2. The van der Waals surface area contributed by atoms with E-state index in [-0.39, 0.29) is 13.2 Å². The first-order valence-corrected chi connectivity index (χ1v) is 7.22. The van der Waals surface area contributed by atoms with Gasteiger partial charge in [-0.1, -0.05) is 13.3 Å². The SMILES string of the molecule is CCCC(C)(NC(=O)N1CC(CO)OC(C)(C)C1)C(=O)O. The minimum absolute atomic E-state index is 0.182. The number of carboxylic acids is 1. The average Bonchev–Trinajstić information content (AvgIpc) is 2.36. The van der Waals surface area contributed by atoms with E-state index in [4.69, 9.17) is 4.74 Å². The van der Waals surface area contributed by atoms with Crippen LogP contribution in [-0.2, 0) is 9.53 Å². The molecule has 21 heavy (non-hydrogen) atoms. The first kappa shape index (κ1) is 17.7. The maximum Gasteiger partial charge on any atom is 0.329 e. The van der Waals surface area contributed by atoms with Crippen molar-refractivity contribution in [2.24, 2.45) is 0 Å². The Hall–Kier alpha value is -1.34. The molecule has 0 radical (unpaired) electrons. The van der Waals surface area contributed by atoms with Gasteiger partial charge in [-0.2, -0.15) is 0 Å². The van der Waals surface area contributed by atoms with Crippen molar-refractivity contribution in [3.05, 3.63) is 0 Å². The Morgan fingerprint density at radius 2 is 2.10 bits per heavy atom. The molecular formula is C14H26N2O5. The van der Waals surface area contributed by atoms with E-state index >= 15 is 0 Å². The number of hydrogen-bond acceptors (Lipinski definition) is 4. The van der Waals surface area contributed by atoms with Gasteiger partial charge in [0.25, 0.3) is 0 Å². The molecular weight excluding hydrogens is 276 g/mol. The Bertz CT molecular complexity index is 399. The molecule has 7 nitrogen and oxygen atoms in total. The van der Waals surface area contributed by atoms with Gasteiger partial charge in [0.1, 0.15) is 5.54 Å². The van der Waals surface area contributed by atoms with Crippen LogP contribution in [0.5, 0.6) is 0 Å². The Morgan fingerprint density at radius 1 is 1.48 bits per heavy atom. The Morgan fingerprint density at radius 3 is 2.57 bits per heavy atom. The highest BCUT2D eigenvalue weighted by atomic mass is 16.5. The molecule has 1 saturated heterocycles. The minimum Gasteiger partial charge on any atom is -0.480 e. The van der Waals surface area contributed by atoms with Gasteiger partial charge in [-0.15, -0.1) is 0 Å². The van der Waals surface area contributed by atoms with Crippen LogP contribution in [-0.4, -0.2) is 64.1 Å². The highest BCUT2D eigenvalue weighted by Crippen LogP contribution is 2.22. The molecule has 0 aromatic rings. The fraction of sp³-hybridized carbons (Fsp3) is 0.857. The van der Waals surface area contributed by atoms with Crippen molar-refractivity contribution in [2.45, 2.75) is 57.8 Å². The molecule has 1 aliphatic heterocycles. The molecule has 3 N–H and O–H groups in total. The van der Waals surface area contributed by atoms with E-state index in [0.717, 1.165) is 0 Å². The fourth-order valence-electron chi connectivity index (χ4n) is 2.58. The highest BCUT2D eigenvalue weighted by Gasteiger charge is 2.39. The van der Waals surface area contributed by atoms with E-state index in [0.29, 0.717) is 19.4 Å². The van der Waals surface area contributed by atoms with E-state index in [1.807, 2.05) is 20.8 Å². The van der Waals surface area contributed by atoms with Gasteiger partial charge in [0.15, 0.2) is 0 Å². The number of carboxylic acid groups (broad SMARTS) is 1. The number of aliphatic carboxylic acids is 1. The molecule has 122 valence electrons. The van der Waals surface area contributed by atoms with Gasteiger partial charge in [0.2, 0.25) is 0 Å². The number of carbonyl (C=O) groups excluding carboxylic acids is 1. The second kappa shape index (κ2) is 6.62. The van der Waals surface area contributed by atoms with Crippen LogP contribution in [0.4, 0.5) is 4.79 Å². The number of amides is 2. The van der Waals surface area contributed by atoms with E-state index < -0.39 is 29.2 Å². The molecule has 1 aliphatic rings. The van der Waals surface area contributed by atoms with Crippen LogP contribution in [0.25, 0.3) is 0 Å². The first-order chi connectivity index (χ1) is 9.63. The number of hydrogen-bond donors (Lipinski definition) is 3. The summed E-state index contributed by atoms with van der Waals surface area (Å²) in [5.41, 5.74) is -1.86. The van der Waals surface area contributed by atoms with Crippen molar-refractivity contribution in [1.82, 2.24) is 10.2 Å². The normalized spacial score (nSPS) is 24.2. The van der Waals surface area contributed by atoms with Crippen LogP contribution in [0, 0.1) is 0 Å². The van der Waals surface area contributed by atoms with Crippen LogP contribution in [0.2, 0.25) is 0 Å². The number of ether oxygens (including phenoxy) is 1. The van der Waals surface area contributed by atoms with Gasteiger partial charge in [0, 0.05) is 0 Å². The average molecular weight is 302 g/mol. The zero-order valence-corrected chi connectivity index (χ0v) is 13.2. The van der Waals surface area contributed by atoms with Crippen LogP contribution in [0.1, 0.15) is 40.5 Å². The number of morpholine rings is 1. The summed E-state index contributed by atoms with van der Waals surface area (Å²) in [6, 6.07) is -0.442. The molecule has 2 atom stereocenters. The summed E-state index contributed by atoms with van der Waals surface area (Å²) in [6.07, 6.45) is 0.545. The lowest BCUT2D eigenvalue weighted by Crippen LogP contribution is -2.62. The van der Waals surface area contributed by atoms with Crippen LogP contribution in [0.3, 0.4) is 0 Å². The molecule has 0 aromatic heterocycles. The molecule has 0 saturated carbocycles. The summed E-state index contributed by atoms with van der Waals surface area (Å²) in [5.74, 6) is -1.05. The van der Waals surface area contributed by atoms with Crippen molar-refractivity contribution in [1.29, 1.82) is 0 Å². The molecule has 0 aromatic carbocycles. The number of nitrogens with one attached hydrogen (secondary N) is 1. The van der Waals surface area contributed by atoms with E-state index in [2.05, 4.69) is 5.32 Å². The molecule has 0 aliphatic carbocycles. The molecule has 1 rings (SSSR count). The minimum atomic E-state index is -1.29. The van der Waals surface area contributed by atoms with Crippen LogP contribution in [0.15, 0.2) is 0 Å². The Balaban J connectivity index is 2.80. The molecule has 2 unspecified atom stereocenters. The van der Waals surface area contributed by atoms with Crippen molar-refractivity contribution in [3.63, 3.8) is 0 Å². The molecule has 7 heteroatoms. The van der Waals surface area contributed by atoms with Gasteiger partial charge in [-0.3, -0.25) is 0 Å². The summed E-state index contributed by atoms with van der Waals surface area (Å²) in [4.78, 5) is 25.2. The van der Waals surface area contributed by atoms with E-state index in [9.17, 15) is 19.8 Å². The second-order valence-electron chi connectivity index (χ2n) is 6.38. The zero-order chi connectivity index (χ0) is 16.3. The number of aliphatic hydroxyl groups excluding tert-OH is 1. The van der Waals surface area contributed by atoms with E-state index in [1.54, 1.807) is 0 Å². The van der Waals surface area contributed by atoms with Crippen molar-refractivity contribution in [3.8, 4) is 0 Å². The van der Waals surface area contributed by atoms with Crippen molar-refractivity contribution in [2.75, 3.05) is 19.7 Å². The third-order valence-corrected chi connectivity index (χ3v) is 3.58. The van der Waals surface area contributed by atoms with Crippen molar-refractivity contribution >= 4 is 12.0 Å². The topological polar surface area (TPSA) is 99.1 Å². The van der Waals surface area contributed by atoms with Gasteiger partial charge in [0.05, 0.1) is 31.4 Å². The standard InChI is InChI=1S/C14H26N2O5/c1-5-6-14(4,11(18)19)15-12(20)16-7-10(8-17)21-13(2,3)9-16/h10,17H,5-9H2,1-4H3,(H,15,20)(H,18,19). The third kappa shape index (κ3) is 4.57. The summed E-state index contributed by atoms with van der Waals surface area (Å²) < 4.78 is 5.64. The van der Waals surface area contributed by atoms with E-state index in [1.165, 1.54) is 11.8 Å². The number of carbonyl (C=O) groups is 2. The van der Waals surface area contributed by atoms with Crippen LogP contribution >= 0.6 is 0 Å². The lowest BCUT2D eigenvalue weighted by Gasteiger charge is -2.43. The lowest BCUT2D eigenvalue weighted by atomic mass is 9.96. The summed E-state index contributed by atoms with van der Waals surface area (Å²) in [5, 5.41) is 21.2. The van der Waals surface area contributed by atoms with Gasteiger partial charge in [-0.05, 0) is 27.2 Å². The summed E-state index contributed by atoms with van der Waals surface area (Å²) in [6.45, 7) is 7.44. The summed E-state index contributed by atoms with van der Waals surface area (Å²) >= 11 is 0. The molecule has 2 amide bonds. The monoisotopic (exact) mass is 302 g/mol. The Kier molecular flexibility index (Phi) is 5.58.